The first-order valence-corrected chi connectivity index (χ1v) is 11.0. The zero-order valence-corrected chi connectivity index (χ0v) is 18.2. The number of fused-ring (bicyclic) bond motifs is 5. The molecular formula is C30H25N. The van der Waals surface area contributed by atoms with Crippen LogP contribution >= 0.6 is 0 Å². The van der Waals surface area contributed by atoms with Crippen LogP contribution in [0.4, 0.5) is 0 Å². The van der Waals surface area contributed by atoms with Crippen LogP contribution in [0.1, 0.15) is 30.7 Å². The molecule has 1 aromatic heterocycles. The van der Waals surface area contributed by atoms with Crippen LogP contribution in [-0.2, 0) is 5.41 Å². The van der Waals surface area contributed by atoms with E-state index in [0.717, 1.165) is 0 Å². The van der Waals surface area contributed by atoms with E-state index in [2.05, 4.69) is 122 Å². The van der Waals surface area contributed by atoms with E-state index >= 15 is 0 Å². The van der Waals surface area contributed by atoms with Crippen molar-refractivity contribution in [2.45, 2.75) is 26.2 Å². The van der Waals surface area contributed by atoms with Gasteiger partial charge in [0.2, 0.25) is 0 Å². The highest BCUT2D eigenvalue weighted by Crippen LogP contribution is 2.53. The molecule has 1 aliphatic rings. The third kappa shape index (κ3) is 2.56. The molecule has 1 heterocycles. The molecule has 0 aliphatic heterocycles. The maximum absolute atomic E-state index is 2.48. The van der Waals surface area contributed by atoms with Gasteiger partial charge in [0.15, 0.2) is 0 Å². The van der Waals surface area contributed by atoms with Gasteiger partial charge in [0, 0.05) is 27.7 Å². The highest BCUT2D eigenvalue weighted by molar-refractivity contribution is 6.05. The number of hydrogen-bond donors (Lipinski definition) is 0. The van der Waals surface area contributed by atoms with E-state index in [0.29, 0.717) is 0 Å². The Morgan fingerprint density at radius 1 is 0.677 bits per heavy atom. The Hall–Kier alpha value is -3.58. The first-order valence-electron chi connectivity index (χ1n) is 11.0. The maximum Gasteiger partial charge on any atom is 0.0538 e. The van der Waals surface area contributed by atoms with Crippen molar-refractivity contribution in [3.8, 4) is 27.9 Å². The SMILES string of the molecule is Cc1ccc(-c2ccc3c(c2)c2c(n3-c3ccccc3)C(C)(C)c3ccccc3-2)cc1. The number of rotatable bonds is 2. The lowest BCUT2D eigenvalue weighted by Crippen LogP contribution is -2.19. The molecule has 0 amide bonds. The summed E-state index contributed by atoms with van der Waals surface area (Å²) in [5, 5.41) is 1.33. The summed E-state index contributed by atoms with van der Waals surface area (Å²) in [4.78, 5) is 0. The van der Waals surface area contributed by atoms with Gasteiger partial charge in [0.1, 0.15) is 0 Å². The fourth-order valence-corrected chi connectivity index (χ4v) is 5.30. The van der Waals surface area contributed by atoms with Crippen molar-refractivity contribution < 1.29 is 0 Å². The van der Waals surface area contributed by atoms with Crippen LogP contribution in [0.25, 0.3) is 38.8 Å². The standard InChI is InChI=1S/C30H25N/c1-20-13-15-21(16-14-20)22-17-18-27-25(19-22)28-24-11-7-8-12-26(24)30(2,3)29(28)31(27)23-9-5-4-6-10-23/h4-19H,1-3H3. The smallest absolute Gasteiger partial charge is 0.0538 e. The fraction of sp³-hybridized carbons (Fsp3) is 0.133. The van der Waals surface area contributed by atoms with Gasteiger partial charge < -0.3 is 4.57 Å². The lowest BCUT2D eigenvalue weighted by molar-refractivity contribution is 0.624. The van der Waals surface area contributed by atoms with E-state index in [9.17, 15) is 0 Å². The van der Waals surface area contributed by atoms with Gasteiger partial charge in [-0.2, -0.15) is 0 Å². The van der Waals surface area contributed by atoms with E-state index in [1.807, 2.05) is 0 Å². The number of aromatic nitrogens is 1. The summed E-state index contributed by atoms with van der Waals surface area (Å²) in [5.74, 6) is 0. The first-order chi connectivity index (χ1) is 15.1. The zero-order valence-electron chi connectivity index (χ0n) is 18.2. The molecule has 0 radical (unpaired) electrons. The van der Waals surface area contributed by atoms with Crippen LogP contribution in [0.15, 0.2) is 97.1 Å². The summed E-state index contributed by atoms with van der Waals surface area (Å²) < 4.78 is 2.48. The first kappa shape index (κ1) is 18.2. The predicted molar refractivity (Wildman–Crippen MR) is 131 cm³/mol. The molecular weight excluding hydrogens is 374 g/mol. The van der Waals surface area contributed by atoms with Crippen LogP contribution < -0.4 is 0 Å². The second-order valence-corrected chi connectivity index (χ2v) is 9.16. The van der Waals surface area contributed by atoms with Gasteiger partial charge >= 0.3 is 0 Å². The minimum absolute atomic E-state index is 0.0647. The Balaban J connectivity index is 1.72. The summed E-state index contributed by atoms with van der Waals surface area (Å²) in [6.07, 6.45) is 0. The van der Waals surface area contributed by atoms with Crippen molar-refractivity contribution in [1.82, 2.24) is 4.57 Å². The Morgan fingerprint density at radius 2 is 1.35 bits per heavy atom. The molecule has 0 spiro atoms. The minimum atomic E-state index is -0.0647. The van der Waals surface area contributed by atoms with Crippen molar-refractivity contribution >= 4 is 10.9 Å². The Labute approximate surface area is 183 Å². The molecule has 150 valence electrons. The number of benzene rings is 4. The van der Waals surface area contributed by atoms with Crippen LogP contribution in [0, 0.1) is 6.92 Å². The average molecular weight is 400 g/mol. The Kier molecular flexibility index (Phi) is 3.79. The molecule has 5 aromatic rings. The van der Waals surface area contributed by atoms with Crippen molar-refractivity contribution in [2.24, 2.45) is 0 Å². The summed E-state index contributed by atoms with van der Waals surface area (Å²) in [6, 6.07) is 35.5. The molecule has 0 unspecified atom stereocenters. The number of aryl methyl sites for hydroxylation is 1. The van der Waals surface area contributed by atoms with Crippen molar-refractivity contribution in [3.05, 3.63) is 114 Å². The van der Waals surface area contributed by atoms with Crippen LogP contribution in [0.5, 0.6) is 0 Å². The van der Waals surface area contributed by atoms with E-state index in [-0.39, 0.29) is 5.41 Å². The fourth-order valence-electron chi connectivity index (χ4n) is 5.30. The van der Waals surface area contributed by atoms with Gasteiger partial charge in [-0.05, 0) is 53.4 Å². The van der Waals surface area contributed by atoms with Gasteiger partial charge in [-0.15, -0.1) is 0 Å². The topological polar surface area (TPSA) is 4.93 Å². The molecule has 1 heteroatoms. The Bertz CT molecular complexity index is 1430. The molecule has 6 rings (SSSR count). The monoisotopic (exact) mass is 399 g/mol. The Morgan fingerprint density at radius 3 is 2.13 bits per heavy atom. The molecule has 0 N–H and O–H groups in total. The highest BCUT2D eigenvalue weighted by Gasteiger charge is 2.40. The van der Waals surface area contributed by atoms with Gasteiger partial charge in [-0.25, -0.2) is 0 Å². The average Bonchev–Trinajstić information content (AvgIpc) is 3.26. The summed E-state index contributed by atoms with van der Waals surface area (Å²) in [5.41, 5.74) is 11.8. The van der Waals surface area contributed by atoms with Gasteiger partial charge in [-0.3, -0.25) is 0 Å². The van der Waals surface area contributed by atoms with E-state index in [4.69, 9.17) is 0 Å². The van der Waals surface area contributed by atoms with Crippen LogP contribution in [-0.4, -0.2) is 4.57 Å². The molecule has 1 aliphatic carbocycles. The third-order valence-corrected chi connectivity index (χ3v) is 6.83. The molecule has 0 bridgehead atoms. The lowest BCUT2D eigenvalue weighted by Gasteiger charge is -2.24. The summed E-state index contributed by atoms with van der Waals surface area (Å²) in [7, 11) is 0. The third-order valence-electron chi connectivity index (χ3n) is 6.83. The van der Waals surface area contributed by atoms with Gasteiger partial charge in [0.05, 0.1) is 5.52 Å². The van der Waals surface area contributed by atoms with E-state index in [1.54, 1.807) is 0 Å². The zero-order chi connectivity index (χ0) is 21.2. The molecule has 4 aromatic carbocycles. The summed E-state index contributed by atoms with van der Waals surface area (Å²) >= 11 is 0. The van der Waals surface area contributed by atoms with Gasteiger partial charge in [0.25, 0.3) is 0 Å². The predicted octanol–water partition coefficient (Wildman–Crippen LogP) is 7.91. The largest absolute Gasteiger partial charge is 0.312 e. The molecule has 0 saturated carbocycles. The van der Waals surface area contributed by atoms with Crippen molar-refractivity contribution in [1.29, 1.82) is 0 Å². The number of para-hydroxylation sites is 1. The molecule has 0 saturated heterocycles. The normalized spacial score (nSPS) is 13.9. The van der Waals surface area contributed by atoms with E-state index in [1.165, 1.54) is 55.7 Å². The maximum atomic E-state index is 2.48. The number of nitrogens with zero attached hydrogens (tertiary/aromatic N) is 1. The minimum Gasteiger partial charge on any atom is -0.312 e. The van der Waals surface area contributed by atoms with E-state index < -0.39 is 0 Å². The second kappa shape index (κ2) is 6.46. The van der Waals surface area contributed by atoms with Crippen LogP contribution in [0.3, 0.4) is 0 Å². The quantitative estimate of drug-likeness (QED) is 0.284. The number of hydrogen-bond acceptors (Lipinski definition) is 0. The molecule has 0 fully saturated rings. The molecule has 0 atom stereocenters. The van der Waals surface area contributed by atoms with Gasteiger partial charge in [-0.1, -0.05) is 92.2 Å². The molecule has 31 heavy (non-hydrogen) atoms. The van der Waals surface area contributed by atoms with Crippen LogP contribution in [0.2, 0.25) is 0 Å². The highest BCUT2D eigenvalue weighted by atomic mass is 15.0. The van der Waals surface area contributed by atoms with Crippen molar-refractivity contribution in [3.63, 3.8) is 0 Å². The molecule has 1 nitrogen and oxygen atoms in total. The van der Waals surface area contributed by atoms with Crippen molar-refractivity contribution in [2.75, 3.05) is 0 Å². The summed E-state index contributed by atoms with van der Waals surface area (Å²) in [6.45, 7) is 6.85. The lowest BCUT2D eigenvalue weighted by atomic mass is 9.85. The second-order valence-electron chi connectivity index (χ2n) is 9.16.